The van der Waals surface area contributed by atoms with Crippen molar-refractivity contribution in [3.63, 3.8) is 0 Å². The molecule has 1 rings (SSSR count). The first-order valence-corrected chi connectivity index (χ1v) is 8.05. The van der Waals surface area contributed by atoms with Gasteiger partial charge in [0.15, 0.2) is 0 Å². The molecule has 20 heavy (non-hydrogen) atoms. The fraction of sp³-hybridized carbons (Fsp3) is 0.438. The highest BCUT2D eigenvalue weighted by atomic mass is 32.2. The van der Waals surface area contributed by atoms with E-state index < -0.39 is 0 Å². The summed E-state index contributed by atoms with van der Waals surface area (Å²) in [6, 6.07) is 5.59. The number of thioether (sulfide) groups is 1. The van der Waals surface area contributed by atoms with E-state index in [2.05, 4.69) is 23.4 Å². The number of aliphatic hydroxyl groups excluding tert-OH is 1. The van der Waals surface area contributed by atoms with Crippen LogP contribution in [0.25, 0.3) is 0 Å². The summed E-state index contributed by atoms with van der Waals surface area (Å²) in [5.74, 6) is 6.83. The minimum absolute atomic E-state index is 0.0555. The third-order valence-electron chi connectivity index (χ3n) is 2.62. The smallest absolute Gasteiger partial charge is 0.251 e. The van der Waals surface area contributed by atoms with Crippen LogP contribution in [0.2, 0.25) is 0 Å². The molecule has 0 spiro atoms. The van der Waals surface area contributed by atoms with Crippen molar-refractivity contribution in [1.82, 2.24) is 5.32 Å². The van der Waals surface area contributed by atoms with Crippen LogP contribution in [-0.2, 0) is 0 Å². The summed E-state index contributed by atoms with van der Waals surface area (Å²) < 4.78 is 0. The van der Waals surface area contributed by atoms with Crippen molar-refractivity contribution in [2.45, 2.75) is 19.8 Å². The van der Waals surface area contributed by atoms with Crippen molar-refractivity contribution >= 4 is 17.7 Å². The molecule has 3 nitrogen and oxygen atoms in total. The lowest BCUT2D eigenvalue weighted by atomic mass is 10.1. The first-order chi connectivity index (χ1) is 9.67. The van der Waals surface area contributed by atoms with Gasteiger partial charge in [-0.1, -0.05) is 11.8 Å². The second kappa shape index (κ2) is 9.46. The molecular formula is C16H21NO2S. The molecule has 0 fully saturated rings. The number of aryl methyl sites for hydroxylation is 1. The molecule has 0 radical (unpaired) electrons. The molecule has 0 unspecified atom stereocenters. The average Bonchev–Trinajstić information content (AvgIpc) is 2.43. The van der Waals surface area contributed by atoms with Gasteiger partial charge < -0.3 is 10.4 Å². The number of amides is 1. The van der Waals surface area contributed by atoms with Gasteiger partial charge in [-0.05, 0) is 49.1 Å². The zero-order chi connectivity index (χ0) is 14.8. The van der Waals surface area contributed by atoms with Crippen LogP contribution < -0.4 is 5.32 Å². The number of nitrogens with one attached hydrogen (secondary N) is 1. The third-order valence-corrected chi connectivity index (χ3v) is 3.32. The first kappa shape index (κ1) is 16.6. The average molecular weight is 291 g/mol. The van der Waals surface area contributed by atoms with Gasteiger partial charge in [-0.2, -0.15) is 11.8 Å². The molecule has 0 aliphatic carbocycles. The number of rotatable bonds is 6. The predicted octanol–water partition coefficient (Wildman–Crippen LogP) is 2.21. The van der Waals surface area contributed by atoms with E-state index in [9.17, 15) is 4.79 Å². The SMILES string of the molecule is CSCCCNC(=O)c1cc(C)cc(C#CCCO)c1. The van der Waals surface area contributed by atoms with Crippen LogP contribution in [0.4, 0.5) is 0 Å². The Morgan fingerprint density at radius 2 is 2.20 bits per heavy atom. The molecule has 0 saturated carbocycles. The number of carbonyl (C=O) groups is 1. The zero-order valence-corrected chi connectivity index (χ0v) is 12.8. The Kier molecular flexibility index (Phi) is 7.86. The second-order valence-corrected chi connectivity index (χ2v) is 5.45. The molecular weight excluding hydrogens is 270 g/mol. The van der Waals surface area contributed by atoms with Crippen LogP contribution in [0.5, 0.6) is 0 Å². The maximum absolute atomic E-state index is 12.0. The normalized spacial score (nSPS) is 9.75. The van der Waals surface area contributed by atoms with E-state index in [1.807, 2.05) is 19.1 Å². The van der Waals surface area contributed by atoms with Gasteiger partial charge in [0.25, 0.3) is 5.91 Å². The zero-order valence-electron chi connectivity index (χ0n) is 12.0. The fourth-order valence-electron chi connectivity index (χ4n) is 1.73. The summed E-state index contributed by atoms with van der Waals surface area (Å²) in [5.41, 5.74) is 2.46. The molecule has 4 heteroatoms. The number of hydrogen-bond donors (Lipinski definition) is 2. The van der Waals surface area contributed by atoms with Gasteiger partial charge in [0.2, 0.25) is 0 Å². The Hall–Kier alpha value is -1.44. The van der Waals surface area contributed by atoms with Crippen LogP contribution in [0, 0.1) is 18.8 Å². The lowest BCUT2D eigenvalue weighted by molar-refractivity contribution is 0.0953. The summed E-state index contributed by atoms with van der Waals surface area (Å²) in [5, 5.41) is 11.6. The van der Waals surface area contributed by atoms with Gasteiger partial charge >= 0.3 is 0 Å². The quantitative estimate of drug-likeness (QED) is 0.624. The van der Waals surface area contributed by atoms with Gasteiger partial charge in [-0.15, -0.1) is 0 Å². The topological polar surface area (TPSA) is 49.3 Å². The van der Waals surface area contributed by atoms with Crippen molar-refractivity contribution < 1.29 is 9.90 Å². The van der Waals surface area contributed by atoms with E-state index >= 15 is 0 Å². The molecule has 1 aromatic rings. The van der Waals surface area contributed by atoms with E-state index in [0.29, 0.717) is 18.5 Å². The molecule has 1 aromatic carbocycles. The van der Waals surface area contributed by atoms with Crippen molar-refractivity contribution in [2.24, 2.45) is 0 Å². The summed E-state index contributed by atoms with van der Waals surface area (Å²) in [6.07, 6.45) is 3.48. The standard InChI is InChI=1S/C16H21NO2S/c1-13-10-14(6-3-4-8-18)12-15(11-13)16(19)17-7-5-9-20-2/h10-12,18H,4-5,7-9H2,1-2H3,(H,17,19). The molecule has 0 atom stereocenters. The van der Waals surface area contributed by atoms with Gasteiger partial charge in [0.05, 0.1) is 6.61 Å². The summed E-state index contributed by atoms with van der Waals surface area (Å²) >= 11 is 1.78. The number of aliphatic hydroxyl groups is 1. The Labute approximate surface area is 125 Å². The van der Waals surface area contributed by atoms with Crippen molar-refractivity contribution in [3.8, 4) is 11.8 Å². The van der Waals surface area contributed by atoms with Crippen LogP contribution in [0.15, 0.2) is 18.2 Å². The van der Waals surface area contributed by atoms with Crippen molar-refractivity contribution in [3.05, 3.63) is 34.9 Å². The largest absolute Gasteiger partial charge is 0.395 e. The third kappa shape index (κ3) is 6.14. The van der Waals surface area contributed by atoms with Gasteiger partial charge in [0.1, 0.15) is 0 Å². The van der Waals surface area contributed by atoms with Crippen LogP contribution in [-0.4, -0.2) is 36.2 Å². The van der Waals surface area contributed by atoms with E-state index in [-0.39, 0.29) is 12.5 Å². The summed E-state index contributed by atoms with van der Waals surface area (Å²) in [4.78, 5) is 12.0. The van der Waals surface area contributed by atoms with E-state index in [1.54, 1.807) is 17.8 Å². The van der Waals surface area contributed by atoms with E-state index in [1.165, 1.54) is 0 Å². The number of hydrogen-bond acceptors (Lipinski definition) is 3. The predicted molar refractivity (Wildman–Crippen MR) is 85.1 cm³/mol. The number of benzene rings is 1. The highest BCUT2D eigenvalue weighted by Gasteiger charge is 2.06. The lowest BCUT2D eigenvalue weighted by Gasteiger charge is -2.06. The highest BCUT2D eigenvalue weighted by Crippen LogP contribution is 2.09. The molecule has 0 heterocycles. The Morgan fingerprint density at radius 3 is 2.90 bits per heavy atom. The lowest BCUT2D eigenvalue weighted by Crippen LogP contribution is -2.24. The molecule has 0 aromatic heterocycles. The molecule has 0 bridgehead atoms. The van der Waals surface area contributed by atoms with Crippen LogP contribution >= 0.6 is 11.8 Å². The van der Waals surface area contributed by atoms with Gasteiger partial charge in [-0.25, -0.2) is 0 Å². The van der Waals surface area contributed by atoms with Gasteiger partial charge in [0, 0.05) is 24.1 Å². The van der Waals surface area contributed by atoms with Crippen molar-refractivity contribution in [2.75, 3.05) is 25.2 Å². The Morgan fingerprint density at radius 1 is 1.40 bits per heavy atom. The molecule has 2 N–H and O–H groups in total. The summed E-state index contributed by atoms with van der Waals surface area (Å²) in [7, 11) is 0. The monoisotopic (exact) mass is 291 g/mol. The van der Waals surface area contributed by atoms with Crippen LogP contribution in [0.1, 0.15) is 34.3 Å². The second-order valence-electron chi connectivity index (χ2n) is 4.47. The molecule has 108 valence electrons. The maximum Gasteiger partial charge on any atom is 0.251 e. The Balaban J connectivity index is 2.70. The van der Waals surface area contributed by atoms with Crippen molar-refractivity contribution in [1.29, 1.82) is 0 Å². The Bertz CT molecular complexity index is 503. The van der Waals surface area contributed by atoms with Crippen LogP contribution in [0.3, 0.4) is 0 Å². The molecule has 0 saturated heterocycles. The van der Waals surface area contributed by atoms with E-state index in [0.717, 1.165) is 23.3 Å². The summed E-state index contributed by atoms with van der Waals surface area (Å²) in [6.45, 7) is 2.70. The molecule has 0 aliphatic heterocycles. The highest BCUT2D eigenvalue weighted by molar-refractivity contribution is 7.98. The maximum atomic E-state index is 12.0. The minimum Gasteiger partial charge on any atom is -0.395 e. The van der Waals surface area contributed by atoms with E-state index in [4.69, 9.17) is 5.11 Å². The number of carbonyl (C=O) groups excluding carboxylic acids is 1. The molecule has 0 aliphatic rings. The molecule has 1 amide bonds. The first-order valence-electron chi connectivity index (χ1n) is 6.66. The minimum atomic E-state index is -0.0555. The van der Waals surface area contributed by atoms with Gasteiger partial charge in [-0.3, -0.25) is 4.79 Å². The fourth-order valence-corrected chi connectivity index (χ4v) is 2.16.